The molecule has 0 amide bonds. The highest BCUT2D eigenvalue weighted by Gasteiger charge is 2.15. The van der Waals surface area contributed by atoms with Gasteiger partial charge in [-0.25, -0.2) is 0 Å². The molecule has 0 fully saturated rings. The molecule has 0 aromatic heterocycles. The summed E-state index contributed by atoms with van der Waals surface area (Å²) in [5.74, 6) is 0. The standard InChI is InChI=1S/C11H24NO3P/c1-2-3-4-5-6-7-8-10-16(14,15)11-9-12-13/h9,13H,2-8,10-11H2,1H3,(H,14,15). The Bertz CT molecular complexity index is 231. The van der Waals surface area contributed by atoms with Crippen LogP contribution in [0.15, 0.2) is 5.16 Å². The molecule has 0 rings (SSSR count). The number of hydrogen-bond acceptors (Lipinski definition) is 3. The third kappa shape index (κ3) is 10.2. The van der Waals surface area contributed by atoms with Gasteiger partial charge in [0.15, 0.2) is 0 Å². The molecule has 0 aliphatic rings. The average molecular weight is 249 g/mol. The largest absolute Gasteiger partial charge is 0.411 e. The lowest BCUT2D eigenvalue weighted by Gasteiger charge is -2.07. The Morgan fingerprint density at radius 3 is 2.25 bits per heavy atom. The maximum atomic E-state index is 11.5. The predicted molar refractivity (Wildman–Crippen MR) is 67.8 cm³/mol. The van der Waals surface area contributed by atoms with Crippen LogP contribution >= 0.6 is 7.37 Å². The minimum atomic E-state index is -3.08. The first-order chi connectivity index (χ1) is 7.62. The van der Waals surface area contributed by atoms with Crippen molar-refractivity contribution >= 4 is 13.6 Å². The normalized spacial score (nSPS) is 15.4. The zero-order valence-electron chi connectivity index (χ0n) is 10.1. The lowest BCUT2D eigenvalue weighted by Crippen LogP contribution is -1.96. The van der Waals surface area contributed by atoms with Gasteiger partial charge in [-0.15, -0.1) is 5.16 Å². The summed E-state index contributed by atoms with van der Waals surface area (Å²) in [6.07, 6.45) is 9.40. The van der Waals surface area contributed by atoms with Crippen LogP contribution in [0.2, 0.25) is 0 Å². The summed E-state index contributed by atoms with van der Waals surface area (Å²) in [6, 6.07) is 0. The van der Waals surface area contributed by atoms with E-state index in [1.165, 1.54) is 25.7 Å². The second kappa shape index (κ2) is 9.86. The smallest absolute Gasteiger partial charge is 0.205 e. The van der Waals surface area contributed by atoms with Crippen molar-refractivity contribution < 1.29 is 14.7 Å². The Balaban J connectivity index is 3.39. The van der Waals surface area contributed by atoms with Gasteiger partial charge in [-0.1, -0.05) is 45.4 Å². The maximum Gasteiger partial charge on any atom is 0.205 e. The molecular formula is C11H24NO3P. The fraction of sp³-hybridized carbons (Fsp3) is 0.909. The Morgan fingerprint density at radius 1 is 1.12 bits per heavy atom. The van der Waals surface area contributed by atoms with E-state index in [9.17, 15) is 9.46 Å². The van der Waals surface area contributed by atoms with Crippen molar-refractivity contribution in [2.45, 2.75) is 51.9 Å². The molecule has 1 atom stereocenters. The first kappa shape index (κ1) is 15.7. The Morgan fingerprint density at radius 2 is 1.69 bits per heavy atom. The van der Waals surface area contributed by atoms with Gasteiger partial charge in [-0.05, 0) is 6.42 Å². The van der Waals surface area contributed by atoms with E-state index in [-0.39, 0.29) is 6.16 Å². The molecule has 0 bridgehead atoms. The van der Waals surface area contributed by atoms with Gasteiger partial charge in [0.05, 0.1) is 12.4 Å². The highest BCUT2D eigenvalue weighted by molar-refractivity contribution is 7.58. The molecule has 96 valence electrons. The van der Waals surface area contributed by atoms with Gasteiger partial charge < -0.3 is 10.1 Å². The molecule has 0 aromatic carbocycles. The highest BCUT2D eigenvalue weighted by atomic mass is 31.2. The summed E-state index contributed by atoms with van der Waals surface area (Å²) in [5, 5.41) is 10.9. The topological polar surface area (TPSA) is 69.9 Å². The van der Waals surface area contributed by atoms with Gasteiger partial charge in [-0.2, -0.15) is 0 Å². The van der Waals surface area contributed by atoms with Gasteiger partial charge in [0.1, 0.15) is 0 Å². The van der Waals surface area contributed by atoms with E-state index in [0.29, 0.717) is 6.16 Å². The van der Waals surface area contributed by atoms with Crippen LogP contribution in [0.25, 0.3) is 0 Å². The van der Waals surface area contributed by atoms with E-state index in [2.05, 4.69) is 12.1 Å². The van der Waals surface area contributed by atoms with E-state index >= 15 is 0 Å². The van der Waals surface area contributed by atoms with Crippen LogP contribution in [0.4, 0.5) is 0 Å². The Labute approximate surface area is 98.2 Å². The molecule has 16 heavy (non-hydrogen) atoms. The maximum absolute atomic E-state index is 11.5. The van der Waals surface area contributed by atoms with E-state index in [1.54, 1.807) is 0 Å². The minimum absolute atomic E-state index is 0.0145. The number of unbranched alkanes of at least 4 members (excludes halogenated alkanes) is 6. The van der Waals surface area contributed by atoms with Gasteiger partial charge in [0, 0.05) is 6.16 Å². The number of oxime groups is 1. The zero-order chi connectivity index (χ0) is 12.3. The number of hydrogen-bond donors (Lipinski definition) is 2. The molecule has 0 spiro atoms. The summed E-state index contributed by atoms with van der Waals surface area (Å²) in [4.78, 5) is 9.44. The molecule has 0 radical (unpaired) electrons. The van der Waals surface area contributed by atoms with Crippen LogP contribution < -0.4 is 0 Å². The molecule has 0 saturated carbocycles. The van der Waals surface area contributed by atoms with Crippen molar-refractivity contribution in [2.24, 2.45) is 5.16 Å². The first-order valence-electron chi connectivity index (χ1n) is 6.09. The Kier molecular flexibility index (Phi) is 9.65. The summed E-state index contributed by atoms with van der Waals surface area (Å²) < 4.78 is 11.5. The van der Waals surface area contributed by atoms with Crippen molar-refractivity contribution in [3.05, 3.63) is 0 Å². The summed E-state index contributed by atoms with van der Waals surface area (Å²) in [5.41, 5.74) is 0. The van der Waals surface area contributed by atoms with Crippen molar-refractivity contribution in [2.75, 3.05) is 12.3 Å². The van der Waals surface area contributed by atoms with Crippen LogP contribution in [0, 0.1) is 0 Å². The number of rotatable bonds is 10. The minimum Gasteiger partial charge on any atom is -0.411 e. The van der Waals surface area contributed by atoms with Crippen molar-refractivity contribution in [1.82, 2.24) is 0 Å². The molecular weight excluding hydrogens is 225 g/mol. The van der Waals surface area contributed by atoms with Crippen LogP contribution in [-0.4, -0.2) is 28.6 Å². The molecule has 0 aliphatic carbocycles. The van der Waals surface area contributed by atoms with Crippen molar-refractivity contribution in [3.63, 3.8) is 0 Å². The van der Waals surface area contributed by atoms with Crippen molar-refractivity contribution in [3.8, 4) is 0 Å². The summed E-state index contributed by atoms with van der Waals surface area (Å²) in [6.45, 7) is 2.19. The van der Waals surface area contributed by atoms with Gasteiger partial charge in [0.2, 0.25) is 7.37 Å². The lowest BCUT2D eigenvalue weighted by atomic mass is 10.1. The third-order valence-corrected chi connectivity index (χ3v) is 4.31. The van der Waals surface area contributed by atoms with E-state index in [4.69, 9.17) is 5.21 Å². The second-order valence-electron chi connectivity index (χ2n) is 4.17. The van der Waals surface area contributed by atoms with Gasteiger partial charge in [-0.3, -0.25) is 4.57 Å². The fourth-order valence-electron chi connectivity index (χ4n) is 1.57. The molecule has 0 aromatic rings. The van der Waals surface area contributed by atoms with Crippen LogP contribution in [0.1, 0.15) is 51.9 Å². The summed E-state index contributed by atoms with van der Waals surface area (Å²) >= 11 is 0. The van der Waals surface area contributed by atoms with Crippen LogP contribution in [0.3, 0.4) is 0 Å². The van der Waals surface area contributed by atoms with E-state index in [1.807, 2.05) is 0 Å². The van der Waals surface area contributed by atoms with E-state index < -0.39 is 7.37 Å². The van der Waals surface area contributed by atoms with Gasteiger partial charge >= 0.3 is 0 Å². The molecule has 1 unspecified atom stereocenters. The first-order valence-corrected chi connectivity index (χ1v) is 8.12. The fourth-order valence-corrected chi connectivity index (χ4v) is 2.80. The van der Waals surface area contributed by atoms with Gasteiger partial charge in [0.25, 0.3) is 0 Å². The Hall–Kier alpha value is -0.340. The monoisotopic (exact) mass is 249 g/mol. The third-order valence-electron chi connectivity index (χ3n) is 2.56. The molecule has 4 nitrogen and oxygen atoms in total. The second-order valence-corrected chi connectivity index (χ2v) is 6.68. The average Bonchev–Trinajstić information content (AvgIpc) is 2.25. The highest BCUT2D eigenvalue weighted by Crippen LogP contribution is 2.40. The number of nitrogens with zero attached hydrogens (tertiary/aromatic N) is 1. The summed E-state index contributed by atoms with van der Waals surface area (Å²) in [7, 11) is -3.08. The quantitative estimate of drug-likeness (QED) is 0.205. The lowest BCUT2D eigenvalue weighted by molar-refractivity contribution is 0.321. The molecule has 0 saturated heterocycles. The van der Waals surface area contributed by atoms with Crippen molar-refractivity contribution in [1.29, 1.82) is 0 Å². The van der Waals surface area contributed by atoms with Crippen LogP contribution in [-0.2, 0) is 4.57 Å². The van der Waals surface area contributed by atoms with E-state index in [0.717, 1.165) is 25.5 Å². The van der Waals surface area contributed by atoms with Crippen LogP contribution in [0.5, 0.6) is 0 Å². The molecule has 5 heteroatoms. The zero-order valence-corrected chi connectivity index (χ0v) is 11.0. The molecule has 2 N–H and O–H groups in total. The molecule has 0 aliphatic heterocycles. The predicted octanol–water partition coefficient (Wildman–Crippen LogP) is 3.47. The SMILES string of the molecule is CCCCCCCCCP(=O)(O)CC=NO. The molecule has 0 heterocycles.